The molecule has 31 heavy (non-hydrogen) atoms. The normalized spacial score (nSPS) is 15.4. The van der Waals surface area contributed by atoms with Crippen LogP contribution in [0.1, 0.15) is 10.7 Å². The number of aromatic amines is 1. The predicted molar refractivity (Wildman–Crippen MR) is 112 cm³/mol. The number of aromatic nitrogens is 4. The summed E-state index contributed by atoms with van der Waals surface area (Å²) in [4.78, 5) is 17.1. The lowest BCUT2D eigenvalue weighted by atomic mass is 10.2. The van der Waals surface area contributed by atoms with Crippen molar-refractivity contribution in [3.05, 3.63) is 69.3 Å². The largest absolute Gasteiger partial charge is 0.345 e. The van der Waals surface area contributed by atoms with E-state index in [9.17, 15) is 17.6 Å². The highest BCUT2D eigenvalue weighted by molar-refractivity contribution is 7.88. The zero-order valence-electron chi connectivity index (χ0n) is 15.5. The molecule has 0 saturated heterocycles. The first-order valence-corrected chi connectivity index (χ1v) is 11.3. The van der Waals surface area contributed by atoms with E-state index in [4.69, 9.17) is 11.6 Å². The lowest BCUT2D eigenvalue weighted by molar-refractivity contribution is -0.113. The fourth-order valence-corrected chi connectivity index (χ4v) is 4.75. The van der Waals surface area contributed by atoms with Gasteiger partial charge in [-0.05, 0) is 24.3 Å². The van der Waals surface area contributed by atoms with Crippen molar-refractivity contribution in [1.82, 2.24) is 24.7 Å². The molecule has 3 aromatic rings. The van der Waals surface area contributed by atoms with Crippen LogP contribution in [0.3, 0.4) is 0 Å². The van der Waals surface area contributed by atoms with E-state index in [1.54, 1.807) is 5.38 Å². The molecule has 14 heteroatoms. The molecule has 160 valence electrons. The molecule has 0 bridgehead atoms. The summed E-state index contributed by atoms with van der Waals surface area (Å²) in [5, 5.41) is 14.4. The maximum Gasteiger partial charge on any atom is 0.345 e. The van der Waals surface area contributed by atoms with Crippen molar-refractivity contribution >= 4 is 50.5 Å². The van der Waals surface area contributed by atoms with Gasteiger partial charge in [-0.25, -0.2) is 13.7 Å². The number of hydrogen-bond donors (Lipinski definition) is 2. The maximum absolute atomic E-state index is 13.4. The predicted octanol–water partition coefficient (Wildman–Crippen LogP) is 2.17. The van der Waals surface area contributed by atoms with E-state index in [2.05, 4.69) is 30.1 Å². The third-order valence-corrected chi connectivity index (χ3v) is 6.58. The molecule has 0 aliphatic carbocycles. The van der Waals surface area contributed by atoms with E-state index >= 15 is 0 Å². The molecule has 1 amide bonds. The van der Waals surface area contributed by atoms with Crippen molar-refractivity contribution in [2.24, 2.45) is 4.40 Å². The van der Waals surface area contributed by atoms with Crippen LogP contribution in [0.15, 0.2) is 52.1 Å². The zero-order valence-corrected chi connectivity index (χ0v) is 17.9. The summed E-state index contributed by atoms with van der Waals surface area (Å²) < 4.78 is 43.9. The average Bonchev–Trinajstić information content (AvgIpc) is 3.42. The molecule has 2 N–H and O–H groups in total. The van der Waals surface area contributed by atoms with Crippen molar-refractivity contribution in [3.8, 4) is 0 Å². The van der Waals surface area contributed by atoms with Crippen molar-refractivity contribution in [1.29, 1.82) is 0 Å². The highest BCUT2D eigenvalue weighted by Gasteiger charge is 2.33. The lowest BCUT2D eigenvalue weighted by Crippen LogP contribution is -2.39. The van der Waals surface area contributed by atoms with Crippen LogP contribution in [-0.2, 0) is 21.4 Å². The number of anilines is 1. The summed E-state index contributed by atoms with van der Waals surface area (Å²) in [6, 6.07) is 3.63. The molecule has 0 fully saturated rings. The molecular formula is C17H13ClFN7O3S2. The van der Waals surface area contributed by atoms with Crippen LogP contribution in [0.4, 0.5) is 10.1 Å². The molecule has 1 aliphatic rings. The Balaban J connectivity index is 1.68. The number of amides is 1. The van der Waals surface area contributed by atoms with E-state index in [0.29, 0.717) is 10.7 Å². The molecule has 0 saturated carbocycles. The molecule has 1 aliphatic heterocycles. The number of carbonyl (C=O) groups excluding carboxylic acids is 1. The van der Waals surface area contributed by atoms with E-state index in [1.165, 1.54) is 41.9 Å². The van der Waals surface area contributed by atoms with Crippen molar-refractivity contribution in [2.75, 3.05) is 11.9 Å². The number of rotatable bonds is 6. The second-order valence-corrected chi connectivity index (χ2v) is 9.01. The minimum Gasteiger partial charge on any atom is -0.321 e. The first-order valence-electron chi connectivity index (χ1n) is 8.69. The van der Waals surface area contributed by atoms with E-state index in [-0.39, 0.29) is 35.1 Å². The molecule has 1 aromatic carbocycles. The first kappa shape index (κ1) is 21.1. The molecule has 2 aromatic heterocycles. The van der Waals surface area contributed by atoms with Gasteiger partial charge in [-0.2, -0.15) is 23.8 Å². The van der Waals surface area contributed by atoms with Gasteiger partial charge in [0.25, 0.3) is 5.91 Å². The summed E-state index contributed by atoms with van der Waals surface area (Å²) in [6.45, 7) is -0.104. The Morgan fingerprint density at radius 3 is 2.87 bits per heavy atom. The summed E-state index contributed by atoms with van der Waals surface area (Å²) in [6.07, 6.45) is 4.47. The number of hydrogen-bond acceptors (Lipinski definition) is 7. The summed E-state index contributed by atoms with van der Waals surface area (Å²) >= 11 is 6.95. The topological polar surface area (TPSA) is 133 Å². The number of nitrogens with zero attached hydrogens (tertiary/aromatic N) is 5. The Morgan fingerprint density at radius 2 is 2.19 bits per heavy atom. The van der Waals surface area contributed by atoms with Gasteiger partial charge in [-0.1, -0.05) is 11.6 Å². The number of H-pyrrole nitrogens is 1. The van der Waals surface area contributed by atoms with Gasteiger partial charge in [-0.15, -0.1) is 15.7 Å². The minimum absolute atomic E-state index is 0.0370. The van der Waals surface area contributed by atoms with Gasteiger partial charge in [0.05, 0.1) is 16.9 Å². The average molecular weight is 482 g/mol. The van der Waals surface area contributed by atoms with Gasteiger partial charge in [0.15, 0.2) is 0 Å². The number of allylic oxidation sites excluding steroid dienone is 1. The highest BCUT2D eigenvalue weighted by Crippen LogP contribution is 2.25. The number of benzene rings is 1. The molecule has 10 nitrogen and oxygen atoms in total. The quantitative estimate of drug-likeness (QED) is 0.554. The summed E-state index contributed by atoms with van der Waals surface area (Å²) in [5.41, 5.74) is 0.568. The van der Waals surface area contributed by atoms with Crippen molar-refractivity contribution in [2.45, 2.75) is 6.42 Å². The number of nitrogens with one attached hydrogen (secondary N) is 2. The van der Waals surface area contributed by atoms with E-state index in [0.717, 1.165) is 10.4 Å². The van der Waals surface area contributed by atoms with Gasteiger partial charge in [0.2, 0.25) is 0 Å². The van der Waals surface area contributed by atoms with Crippen LogP contribution in [0.25, 0.3) is 0 Å². The lowest BCUT2D eigenvalue weighted by Gasteiger charge is -2.26. The second kappa shape index (κ2) is 8.53. The Bertz CT molecular complexity index is 1280. The smallest absolute Gasteiger partial charge is 0.321 e. The van der Waals surface area contributed by atoms with Gasteiger partial charge >= 0.3 is 10.2 Å². The molecule has 0 atom stereocenters. The van der Waals surface area contributed by atoms with Crippen molar-refractivity contribution in [3.63, 3.8) is 0 Å². The third-order valence-electron chi connectivity index (χ3n) is 4.13. The highest BCUT2D eigenvalue weighted by atomic mass is 35.5. The molecule has 0 spiro atoms. The Hall–Kier alpha value is -3.16. The summed E-state index contributed by atoms with van der Waals surface area (Å²) in [5.74, 6) is -1.39. The van der Waals surface area contributed by atoms with Crippen LogP contribution in [0.5, 0.6) is 0 Å². The van der Waals surface area contributed by atoms with Crippen LogP contribution in [-0.4, -0.2) is 51.3 Å². The number of carbonyl (C=O) groups is 1. The van der Waals surface area contributed by atoms with Crippen molar-refractivity contribution < 1.29 is 17.6 Å². The van der Waals surface area contributed by atoms with Gasteiger partial charge in [0, 0.05) is 30.2 Å². The van der Waals surface area contributed by atoms with E-state index < -0.39 is 21.9 Å². The third kappa shape index (κ3) is 4.62. The van der Waals surface area contributed by atoms with Crippen LogP contribution < -0.4 is 5.32 Å². The minimum atomic E-state index is -4.24. The standard InChI is InChI=1S/C17H13ClFN7O3S2/c18-12-7-10(1-2-13(12)19)22-16(27)15-8-14(17-20-4-6-30-17)24-31(28,29)26(15)5-3-11-9-21-25-23-11/h1-2,4,6-9H,3,5H2,(H,22,27)(H,21,23,25). The molecular weight excluding hydrogens is 469 g/mol. The van der Waals surface area contributed by atoms with Gasteiger partial charge < -0.3 is 5.32 Å². The number of halogens is 2. The van der Waals surface area contributed by atoms with Gasteiger partial charge in [-0.3, -0.25) is 4.79 Å². The van der Waals surface area contributed by atoms with Crippen LogP contribution in [0, 0.1) is 5.82 Å². The Labute approximate surface area is 184 Å². The monoisotopic (exact) mass is 481 g/mol. The Morgan fingerprint density at radius 1 is 1.35 bits per heavy atom. The molecule has 0 radical (unpaired) electrons. The summed E-state index contributed by atoms with van der Waals surface area (Å²) in [7, 11) is -4.24. The Kier molecular flexibility index (Phi) is 5.80. The van der Waals surface area contributed by atoms with Crippen LogP contribution in [0.2, 0.25) is 5.02 Å². The van der Waals surface area contributed by atoms with Gasteiger partial charge in [0.1, 0.15) is 22.2 Å². The molecule has 4 rings (SSSR count). The first-order chi connectivity index (χ1) is 14.8. The fraction of sp³-hybridized carbons (Fsp3) is 0.118. The maximum atomic E-state index is 13.4. The zero-order chi connectivity index (χ0) is 22.0. The fourth-order valence-electron chi connectivity index (χ4n) is 2.72. The SMILES string of the molecule is O=C(Nc1ccc(F)c(Cl)c1)C1=CC(c2nccs2)=NS(=O)(=O)N1CCc1cn[nH]n1. The number of thiazole rings is 1. The molecule has 0 unspecified atom stereocenters. The second-order valence-electron chi connectivity index (χ2n) is 6.19. The van der Waals surface area contributed by atoms with E-state index in [1.807, 2.05) is 0 Å². The molecule has 3 heterocycles. The van der Waals surface area contributed by atoms with Crippen LogP contribution >= 0.6 is 22.9 Å².